The first-order valence-corrected chi connectivity index (χ1v) is 12.8. The van der Waals surface area contributed by atoms with E-state index in [1.54, 1.807) is 6.07 Å². The van der Waals surface area contributed by atoms with Crippen LogP contribution in [-0.2, 0) is 22.6 Å². The first-order chi connectivity index (χ1) is 18.0. The Bertz CT molecular complexity index is 1350. The Morgan fingerprint density at radius 2 is 1.86 bits per heavy atom. The maximum atomic E-state index is 13.4. The quantitative estimate of drug-likeness (QED) is 0.184. The van der Waals surface area contributed by atoms with Crippen LogP contribution in [0.1, 0.15) is 55.0 Å². The molecule has 2 atom stereocenters. The topological polar surface area (TPSA) is 76.1 Å². The number of unbranched alkanes of at least 4 members (excludes halogenated alkanes) is 1. The maximum Gasteiger partial charge on any atom is 0.295 e. The Labute approximate surface area is 217 Å². The lowest BCUT2D eigenvalue weighted by Gasteiger charge is -2.26. The van der Waals surface area contributed by atoms with E-state index in [0.29, 0.717) is 23.5 Å². The predicted octanol–water partition coefficient (Wildman–Crippen LogP) is 5.81. The molecule has 0 saturated carbocycles. The third-order valence-corrected chi connectivity index (χ3v) is 6.85. The largest absolute Gasteiger partial charge is 0.507 e. The minimum atomic E-state index is -0.752. The van der Waals surface area contributed by atoms with Gasteiger partial charge in [0.15, 0.2) is 0 Å². The Balaban J connectivity index is 1.59. The van der Waals surface area contributed by atoms with E-state index in [1.165, 1.54) is 4.90 Å². The second-order valence-corrected chi connectivity index (χ2v) is 9.64. The third-order valence-electron chi connectivity index (χ3n) is 6.85. The zero-order valence-corrected chi connectivity index (χ0v) is 21.1. The average Bonchev–Trinajstić information content (AvgIpc) is 3.40. The van der Waals surface area contributed by atoms with Gasteiger partial charge in [-0.3, -0.25) is 9.59 Å². The number of aliphatic hydroxyl groups is 1. The van der Waals surface area contributed by atoms with Crippen LogP contribution in [0.25, 0.3) is 5.76 Å². The number of fused-ring (bicyclic) bond motifs is 1. The van der Waals surface area contributed by atoms with Crippen LogP contribution in [0.5, 0.6) is 11.5 Å². The highest BCUT2D eigenvalue weighted by Gasteiger charge is 2.46. The number of nitrogens with zero attached hydrogens (tertiary/aromatic N) is 1. The van der Waals surface area contributed by atoms with Gasteiger partial charge in [0.2, 0.25) is 0 Å². The predicted molar refractivity (Wildman–Crippen MR) is 141 cm³/mol. The fraction of sp³-hybridized carbons (Fsp3) is 0.290. The van der Waals surface area contributed by atoms with Crippen LogP contribution in [0.15, 0.2) is 78.4 Å². The Morgan fingerprint density at radius 1 is 1.05 bits per heavy atom. The Kier molecular flexibility index (Phi) is 6.99. The molecule has 3 aromatic rings. The standard InChI is InChI=1S/C31H31NO5/c1-3-4-15-36-25-12-8-11-22(18-25)28-27(29(33)23-13-14-26-24(17-23)16-20(2)37-26)30(34)31(35)32(28)19-21-9-6-5-7-10-21/h5-14,17-18,20,28,33H,3-4,15-16,19H2,1-2H3/b29-27+. The SMILES string of the molecule is CCCCOc1cccc(C2/C(=C(\O)c3ccc4c(c3)CC(C)O4)C(=O)C(=O)N2Cc2ccccc2)c1. The number of Topliss-reactive ketones (excluding diaryl/α,β-unsaturated/α-hetero) is 1. The average molecular weight is 498 g/mol. The first-order valence-electron chi connectivity index (χ1n) is 12.8. The monoisotopic (exact) mass is 497 g/mol. The van der Waals surface area contributed by atoms with Crippen LogP contribution in [-0.4, -0.2) is 34.4 Å². The van der Waals surface area contributed by atoms with Gasteiger partial charge in [0.25, 0.3) is 11.7 Å². The number of aliphatic hydroxyl groups excluding tert-OH is 1. The van der Waals surface area contributed by atoms with E-state index in [4.69, 9.17) is 9.47 Å². The highest BCUT2D eigenvalue weighted by atomic mass is 16.5. The molecule has 2 aliphatic heterocycles. The van der Waals surface area contributed by atoms with Crippen molar-refractivity contribution in [2.24, 2.45) is 0 Å². The molecule has 1 saturated heterocycles. The molecule has 0 bridgehead atoms. The molecule has 0 spiro atoms. The summed E-state index contributed by atoms with van der Waals surface area (Å²) in [6.07, 6.45) is 2.72. The number of amides is 1. The minimum Gasteiger partial charge on any atom is -0.507 e. The Hall–Kier alpha value is -4.06. The summed E-state index contributed by atoms with van der Waals surface area (Å²) in [5.74, 6) is -0.0628. The van der Waals surface area contributed by atoms with Gasteiger partial charge in [0, 0.05) is 18.5 Å². The second kappa shape index (κ2) is 10.5. The molecule has 37 heavy (non-hydrogen) atoms. The molecule has 1 N–H and O–H groups in total. The summed E-state index contributed by atoms with van der Waals surface area (Å²) in [6.45, 7) is 4.91. The molecular formula is C31H31NO5. The molecule has 0 aliphatic carbocycles. The normalized spacial score (nSPS) is 20.1. The van der Waals surface area contributed by atoms with E-state index in [9.17, 15) is 14.7 Å². The highest BCUT2D eigenvalue weighted by Crippen LogP contribution is 2.42. The molecule has 190 valence electrons. The number of hydrogen-bond acceptors (Lipinski definition) is 5. The number of ketones is 1. The summed E-state index contributed by atoms with van der Waals surface area (Å²) in [4.78, 5) is 28.3. The van der Waals surface area contributed by atoms with Crippen molar-refractivity contribution < 1.29 is 24.2 Å². The van der Waals surface area contributed by atoms with Gasteiger partial charge in [-0.15, -0.1) is 0 Å². The molecule has 0 aromatic heterocycles. The van der Waals surface area contributed by atoms with E-state index in [-0.39, 0.29) is 24.0 Å². The number of ether oxygens (including phenoxy) is 2. The van der Waals surface area contributed by atoms with E-state index >= 15 is 0 Å². The molecule has 6 nitrogen and oxygen atoms in total. The second-order valence-electron chi connectivity index (χ2n) is 9.64. The van der Waals surface area contributed by atoms with Crippen LogP contribution in [0.2, 0.25) is 0 Å². The molecule has 6 heteroatoms. The van der Waals surface area contributed by atoms with Crippen LogP contribution in [0.3, 0.4) is 0 Å². The summed E-state index contributed by atoms with van der Waals surface area (Å²) in [6, 6.07) is 21.6. The molecule has 2 heterocycles. The summed E-state index contributed by atoms with van der Waals surface area (Å²) in [5.41, 5.74) is 3.16. The van der Waals surface area contributed by atoms with E-state index < -0.39 is 17.7 Å². The lowest BCUT2D eigenvalue weighted by Crippen LogP contribution is -2.29. The van der Waals surface area contributed by atoms with Gasteiger partial charge >= 0.3 is 0 Å². The van der Waals surface area contributed by atoms with Crippen molar-refractivity contribution in [2.75, 3.05) is 6.61 Å². The fourth-order valence-corrected chi connectivity index (χ4v) is 5.00. The number of hydrogen-bond donors (Lipinski definition) is 1. The molecule has 1 amide bonds. The fourth-order valence-electron chi connectivity index (χ4n) is 5.00. The van der Waals surface area contributed by atoms with Gasteiger partial charge in [-0.2, -0.15) is 0 Å². The van der Waals surface area contributed by atoms with E-state index in [0.717, 1.165) is 36.1 Å². The Morgan fingerprint density at radius 3 is 2.65 bits per heavy atom. The van der Waals surface area contributed by atoms with E-state index in [1.807, 2.05) is 73.7 Å². The molecule has 0 radical (unpaired) electrons. The lowest BCUT2D eigenvalue weighted by atomic mass is 9.94. The third kappa shape index (κ3) is 4.96. The van der Waals surface area contributed by atoms with Crippen molar-refractivity contribution in [1.82, 2.24) is 4.90 Å². The van der Waals surface area contributed by atoms with Gasteiger partial charge in [0.1, 0.15) is 23.4 Å². The summed E-state index contributed by atoms with van der Waals surface area (Å²) in [7, 11) is 0. The van der Waals surface area contributed by atoms with Crippen LogP contribution < -0.4 is 9.47 Å². The summed E-state index contributed by atoms with van der Waals surface area (Å²) < 4.78 is 11.7. The molecular weight excluding hydrogens is 466 g/mol. The smallest absolute Gasteiger partial charge is 0.295 e. The zero-order chi connectivity index (χ0) is 25.9. The number of benzene rings is 3. The van der Waals surface area contributed by atoms with Gasteiger partial charge in [0.05, 0.1) is 18.2 Å². The summed E-state index contributed by atoms with van der Waals surface area (Å²) >= 11 is 0. The number of carbonyl (C=O) groups is 2. The molecule has 1 fully saturated rings. The number of likely N-dealkylation sites (tertiary alicyclic amines) is 1. The van der Waals surface area contributed by atoms with Crippen molar-refractivity contribution in [3.05, 3.63) is 101 Å². The van der Waals surface area contributed by atoms with Crippen molar-refractivity contribution in [3.63, 3.8) is 0 Å². The molecule has 5 rings (SSSR count). The first kappa shape index (κ1) is 24.6. The molecule has 2 aliphatic rings. The van der Waals surface area contributed by atoms with Crippen molar-refractivity contribution in [2.45, 2.75) is 51.8 Å². The van der Waals surface area contributed by atoms with Crippen molar-refractivity contribution in [1.29, 1.82) is 0 Å². The maximum absolute atomic E-state index is 13.4. The van der Waals surface area contributed by atoms with Crippen LogP contribution in [0.4, 0.5) is 0 Å². The minimum absolute atomic E-state index is 0.0549. The van der Waals surface area contributed by atoms with Crippen molar-refractivity contribution in [3.8, 4) is 11.5 Å². The van der Waals surface area contributed by atoms with Gasteiger partial charge in [-0.1, -0.05) is 55.8 Å². The van der Waals surface area contributed by atoms with Gasteiger partial charge in [-0.25, -0.2) is 0 Å². The lowest BCUT2D eigenvalue weighted by molar-refractivity contribution is -0.140. The van der Waals surface area contributed by atoms with Gasteiger partial charge in [-0.05, 0) is 60.4 Å². The number of rotatable bonds is 8. The molecule has 2 unspecified atom stereocenters. The van der Waals surface area contributed by atoms with Gasteiger partial charge < -0.3 is 19.5 Å². The zero-order valence-electron chi connectivity index (χ0n) is 21.1. The van der Waals surface area contributed by atoms with E-state index in [2.05, 4.69) is 6.92 Å². The number of carbonyl (C=O) groups excluding carboxylic acids is 2. The van der Waals surface area contributed by atoms with Crippen LogP contribution >= 0.6 is 0 Å². The van der Waals surface area contributed by atoms with Crippen LogP contribution in [0, 0.1) is 0 Å². The summed E-state index contributed by atoms with van der Waals surface area (Å²) in [5, 5.41) is 11.5. The van der Waals surface area contributed by atoms with Crippen molar-refractivity contribution >= 4 is 17.4 Å². The highest BCUT2D eigenvalue weighted by molar-refractivity contribution is 6.46. The molecule has 3 aromatic carbocycles.